The normalized spacial score (nSPS) is 14.0. The molecule has 0 N–H and O–H groups in total. The first-order valence-corrected chi connectivity index (χ1v) is 7.40. The van der Waals surface area contributed by atoms with Gasteiger partial charge in [0.05, 0.1) is 17.4 Å². The van der Waals surface area contributed by atoms with Crippen LogP contribution >= 0.6 is 0 Å². The lowest BCUT2D eigenvalue weighted by Crippen LogP contribution is -2.25. The molecule has 2 unspecified atom stereocenters. The Morgan fingerprint density at radius 3 is 2.58 bits per heavy atom. The quantitative estimate of drug-likeness (QED) is 0.806. The number of hydrogen-bond donors (Lipinski definition) is 0. The van der Waals surface area contributed by atoms with Gasteiger partial charge in [0.2, 0.25) is 0 Å². The minimum absolute atomic E-state index is 0.304. The zero-order valence-electron chi connectivity index (χ0n) is 11.0. The third-order valence-electron chi connectivity index (χ3n) is 2.89. The van der Waals surface area contributed by atoms with Gasteiger partial charge in [0, 0.05) is 4.90 Å². The van der Waals surface area contributed by atoms with Gasteiger partial charge >= 0.3 is 5.97 Å². The van der Waals surface area contributed by atoms with Gasteiger partial charge in [-0.3, -0.25) is 9.00 Å². The molecule has 0 fully saturated rings. The Kier molecular flexibility index (Phi) is 4.32. The van der Waals surface area contributed by atoms with Crippen LogP contribution in [0.3, 0.4) is 0 Å². The molecule has 0 aromatic heterocycles. The van der Waals surface area contributed by atoms with Crippen LogP contribution in [-0.2, 0) is 20.3 Å². The number of carbonyl (C=O) groups excluding carboxylic acids is 1. The van der Waals surface area contributed by atoms with Crippen molar-refractivity contribution >= 4 is 27.5 Å². The average molecular weight is 276 g/mol. The molecule has 4 heteroatoms. The minimum Gasteiger partial charge on any atom is -0.465 e. The number of esters is 1. The molecular weight excluding hydrogens is 260 g/mol. The predicted molar refractivity (Wildman–Crippen MR) is 76.5 cm³/mol. The lowest BCUT2D eigenvalue weighted by Gasteiger charge is -2.11. The Bertz CT molecular complexity index is 622. The molecule has 3 nitrogen and oxygen atoms in total. The molecule has 0 aliphatic rings. The fourth-order valence-corrected chi connectivity index (χ4v) is 2.94. The van der Waals surface area contributed by atoms with E-state index in [0.717, 1.165) is 10.8 Å². The van der Waals surface area contributed by atoms with Crippen LogP contribution in [0.25, 0.3) is 10.8 Å². The van der Waals surface area contributed by atoms with E-state index in [1.807, 2.05) is 36.4 Å². The van der Waals surface area contributed by atoms with Crippen molar-refractivity contribution in [2.24, 2.45) is 0 Å². The molecule has 0 saturated heterocycles. The van der Waals surface area contributed by atoms with Gasteiger partial charge in [0.15, 0.2) is 0 Å². The number of benzene rings is 2. The fraction of sp³-hybridized carbons (Fsp3) is 0.267. The standard InChI is InChI=1S/C15H16O3S/c1-3-18-15(16)11(2)19(17)14-9-8-12-6-4-5-7-13(12)10-14/h4-11H,3H2,1-2H3. The van der Waals surface area contributed by atoms with Crippen molar-refractivity contribution in [1.29, 1.82) is 0 Å². The van der Waals surface area contributed by atoms with E-state index in [9.17, 15) is 9.00 Å². The average Bonchev–Trinajstić information content (AvgIpc) is 2.45. The molecule has 19 heavy (non-hydrogen) atoms. The third-order valence-corrected chi connectivity index (χ3v) is 4.45. The van der Waals surface area contributed by atoms with Crippen molar-refractivity contribution in [2.45, 2.75) is 24.0 Å². The number of carbonyl (C=O) groups is 1. The highest BCUT2D eigenvalue weighted by Crippen LogP contribution is 2.20. The molecule has 0 saturated carbocycles. The Morgan fingerprint density at radius 2 is 1.89 bits per heavy atom. The van der Waals surface area contributed by atoms with Crippen molar-refractivity contribution < 1.29 is 13.7 Å². The predicted octanol–water partition coefficient (Wildman–Crippen LogP) is 2.90. The van der Waals surface area contributed by atoms with E-state index >= 15 is 0 Å². The Morgan fingerprint density at radius 1 is 1.21 bits per heavy atom. The number of ether oxygens (including phenoxy) is 1. The topological polar surface area (TPSA) is 43.4 Å². The summed E-state index contributed by atoms with van der Waals surface area (Å²) < 4.78 is 17.2. The molecule has 0 amide bonds. The van der Waals surface area contributed by atoms with Crippen molar-refractivity contribution in [1.82, 2.24) is 0 Å². The molecule has 2 atom stereocenters. The molecule has 0 bridgehead atoms. The highest BCUT2D eigenvalue weighted by Gasteiger charge is 2.22. The van der Waals surface area contributed by atoms with E-state index < -0.39 is 22.0 Å². The van der Waals surface area contributed by atoms with Crippen LogP contribution in [0.2, 0.25) is 0 Å². The third kappa shape index (κ3) is 3.01. The summed E-state index contributed by atoms with van der Waals surface area (Å²) in [5.41, 5.74) is 0. The Hall–Kier alpha value is -1.68. The minimum atomic E-state index is -1.39. The van der Waals surface area contributed by atoms with E-state index in [1.54, 1.807) is 19.9 Å². The molecule has 2 aromatic rings. The molecular formula is C15H16O3S. The van der Waals surface area contributed by atoms with Gasteiger partial charge in [-0.2, -0.15) is 0 Å². The summed E-state index contributed by atoms with van der Waals surface area (Å²) in [7, 11) is -1.39. The number of rotatable bonds is 4. The molecule has 0 heterocycles. The molecule has 0 radical (unpaired) electrons. The second-order valence-corrected chi connectivity index (χ2v) is 5.97. The van der Waals surface area contributed by atoms with Crippen LogP contribution in [0.5, 0.6) is 0 Å². The first-order chi connectivity index (χ1) is 9.13. The van der Waals surface area contributed by atoms with E-state index in [4.69, 9.17) is 4.74 Å². The summed E-state index contributed by atoms with van der Waals surface area (Å²) in [5, 5.41) is 1.46. The molecule has 0 aliphatic heterocycles. The van der Waals surface area contributed by atoms with Gasteiger partial charge in [-0.1, -0.05) is 30.3 Å². The van der Waals surface area contributed by atoms with E-state index in [-0.39, 0.29) is 0 Å². The van der Waals surface area contributed by atoms with E-state index in [0.29, 0.717) is 11.5 Å². The smallest absolute Gasteiger partial charge is 0.321 e. The maximum atomic E-state index is 12.3. The second kappa shape index (κ2) is 5.97. The summed E-state index contributed by atoms with van der Waals surface area (Å²) >= 11 is 0. The van der Waals surface area contributed by atoms with Gasteiger partial charge in [0.1, 0.15) is 5.25 Å². The van der Waals surface area contributed by atoms with Crippen LogP contribution in [0.1, 0.15) is 13.8 Å². The van der Waals surface area contributed by atoms with Crippen molar-refractivity contribution in [3.05, 3.63) is 42.5 Å². The Balaban J connectivity index is 2.28. The SMILES string of the molecule is CCOC(=O)C(C)S(=O)c1ccc2ccccc2c1. The van der Waals surface area contributed by atoms with Crippen molar-refractivity contribution in [2.75, 3.05) is 6.61 Å². The second-order valence-electron chi connectivity index (χ2n) is 4.20. The first-order valence-electron chi connectivity index (χ1n) is 6.19. The molecule has 0 spiro atoms. The maximum Gasteiger partial charge on any atom is 0.321 e. The molecule has 100 valence electrons. The zero-order chi connectivity index (χ0) is 13.8. The lowest BCUT2D eigenvalue weighted by molar-refractivity contribution is -0.142. The van der Waals surface area contributed by atoms with Crippen molar-refractivity contribution in [3.63, 3.8) is 0 Å². The van der Waals surface area contributed by atoms with Gasteiger partial charge in [-0.25, -0.2) is 0 Å². The van der Waals surface area contributed by atoms with Crippen LogP contribution in [0, 0.1) is 0 Å². The fourth-order valence-electron chi connectivity index (χ4n) is 1.84. The van der Waals surface area contributed by atoms with E-state index in [1.165, 1.54) is 0 Å². The van der Waals surface area contributed by atoms with Gasteiger partial charge in [-0.05, 0) is 36.8 Å². The highest BCUT2D eigenvalue weighted by molar-refractivity contribution is 7.86. The van der Waals surface area contributed by atoms with Crippen LogP contribution in [0.4, 0.5) is 0 Å². The summed E-state index contributed by atoms with van der Waals surface area (Å²) in [6.07, 6.45) is 0. The molecule has 0 aliphatic carbocycles. The number of fused-ring (bicyclic) bond motifs is 1. The summed E-state index contributed by atoms with van der Waals surface area (Å²) in [6.45, 7) is 3.67. The highest BCUT2D eigenvalue weighted by atomic mass is 32.2. The largest absolute Gasteiger partial charge is 0.465 e. The van der Waals surface area contributed by atoms with Crippen LogP contribution < -0.4 is 0 Å². The van der Waals surface area contributed by atoms with Crippen molar-refractivity contribution in [3.8, 4) is 0 Å². The van der Waals surface area contributed by atoms with Gasteiger partial charge in [-0.15, -0.1) is 0 Å². The first kappa shape index (κ1) is 13.7. The number of hydrogen-bond acceptors (Lipinski definition) is 3. The molecule has 2 aromatic carbocycles. The zero-order valence-corrected chi connectivity index (χ0v) is 11.8. The van der Waals surface area contributed by atoms with Gasteiger partial charge in [0.25, 0.3) is 0 Å². The van der Waals surface area contributed by atoms with Crippen LogP contribution in [0.15, 0.2) is 47.4 Å². The molecule has 2 rings (SSSR count). The summed E-state index contributed by atoms with van der Waals surface area (Å²) in [5.74, 6) is -0.422. The lowest BCUT2D eigenvalue weighted by atomic mass is 10.1. The van der Waals surface area contributed by atoms with Crippen LogP contribution in [-0.4, -0.2) is 22.0 Å². The van der Waals surface area contributed by atoms with Gasteiger partial charge < -0.3 is 4.74 Å². The Labute approximate surface area is 115 Å². The summed E-state index contributed by atoms with van der Waals surface area (Å²) in [6, 6.07) is 13.4. The monoisotopic (exact) mass is 276 g/mol. The van der Waals surface area contributed by atoms with E-state index in [2.05, 4.69) is 0 Å². The maximum absolute atomic E-state index is 12.3. The summed E-state index contributed by atoms with van der Waals surface area (Å²) in [4.78, 5) is 12.3.